The van der Waals surface area contributed by atoms with Crippen LogP contribution in [0.15, 0.2) is 29.0 Å². The van der Waals surface area contributed by atoms with Crippen LogP contribution in [0.5, 0.6) is 5.75 Å². The molecule has 0 saturated carbocycles. The average Bonchev–Trinajstić information content (AvgIpc) is 3.05. The SMILES string of the molecule is O=C(O)N1CCN2Cc3c(-n4cccn4)cc(Br)c(Cl)c3OC[C@H]2C1. The molecule has 0 bridgehead atoms. The van der Waals surface area contributed by atoms with Gasteiger partial charge in [0.2, 0.25) is 0 Å². The number of benzene rings is 1. The molecule has 1 aromatic heterocycles. The van der Waals surface area contributed by atoms with Crippen LogP contribution < -0.4 is 4.74 Å². The van der Waals surface area contributed by atoms with Gasteiger partial charge in [-0.05, 0) is 28.1 Å². The Kier molecular flexibility index (Phi) is 4.35. The smallest absolute Gasteiger partial charge is 0.407 e. The molecule has 7 nitrogen and oxygen atoms in total. The van der Waals surface area contributed by atoms with Crippen molar-refractivity contribution in [3.8, 4) is 11.4 Å². The lowest BCUT2D eigenvalue weighted by atomic mass is 10.1. The van der Waals surface area contributed by atoms with Crippen LogP contribution in [0.1, 0.15) is 5.56 Å². The summed E-state index contributed by atoms with van der Waals surface area (Å²) >= 11 is 9.96. The highest BCUT2D eigenvalue weighted by Crippen LogP contribution is 2.41. The second-order valence-electron chi connectivity index (χ2n) is 6.11. The van der Waals surface area contributed by atoms with E-state index in [4.69, 9.17) is 16.3 Å². The molecule has 0 spiro atoms. The summed E-state index contributed by atoms with van der Waals surface area (Å²) < 4.78 is 8.56. The van der Waals surface area contributed by atoms with E-state index in [1.807, 2.05) is 18.3 Å². The van der Waals surface area contributed by atoms with Crippen LogP contribution in [-0.2, 0) is 6.54 Å². The van der Waals surface area contributed by atoms with Gasteiger partial charge in [0.1, 0.15) is 12.4 Å². The molecular weight excluding hydrogens is 412 g/mol. The molecule has 1 amide bonds. The van der Waals surface area contributed by atoms with Gasteiger partial charge in [0.15, 0.2) is 0 Å². The van der Waals surface area contributed by atoms with Gasteiger partial charge in [-0.1, -0.05) is 11.6 Å². The zero-order valence-corrected chi connectivity index (χ0v) is 15.6. The number of amides is 1. The normalized spacial score (nSPS) is 20.4. The summed E-state index contributed by atoms with van der Waals surface area (Å²) in [5, 5.41) is 14.1. The number of hydrogen-bond acceptors (Lipinski definition) is 4. The molecule has 1 saturated heterocycles. The fourth-order valence-electron chi connectivity index (χ4n) is 3.36. The van der Waals surface area contributed by atoms with E-state index in [0.717, 1.165) is 15.7 Å². The standard InChI is InChI=1S/C16H16BrClN4O3/c17-12-6-13(22-3-1-2-19-22)11-8-20-4-5-21(16(23)24)7-10(20)9-25-15(11)14(12)18/h1-3,6,10H,4-5,7-9H2,(H,23,24)/t10-/m1/s1. The van der Waals surface area contributed by atoms with Gasteiger partial charge < -0.3 is 14.7 Å². The van der Waals surface area contributed by atoms with Gasteiger partial charge in [-0.15, -0.1) is 0 Å². The van der Waals surface area contributed by atoms with Gasteiger partial charge in [0.05, 0.1) is 16.8 Å². The van der Waals surface area contributed by atoms with Crippen LogP contribution in [0.3, 0.4) is 0 Å². The third-order valence-corrected chi connectivity index (χ3v) is 5.89. The van der Waals surface area contributed by atoms with Crippen LogP contribution in [-0.4, -0.2) is 63.1 Å². The van der Waals surface area contributed by atoms with Crippen molar-refractivity contribution in [2.45, 2.75) is 12.6 Å². The van der Waals surface area contributed by atoms with Gasteiger partial charge in [0, 0.05) is 48.6 Å². The van der Waals surface area contributed by atoms with E-state index in [9.17, 15) is 9.90 Å². The number of hydrogen-bond donors (Lipinski definition) is 1. The molecule has 2 aliphatic heterocycles. The maximum Gasteiger partial charge on any atom is 0.407 e. The van der Waals surface area contributed by atoms with Crippen molar-refractivity contribution >= 4 is 33.6 Å². The van der Waals surface area contributed by atoms with E-state index in [2.05, 4.69) is 25.9 Å². The Morgan fingerprint density at radius 3 is 3.00 bits per heavy atom. The largest absolute Gasteiger partial charge is 0.490 e. The summed E-state index contributed by atoms with van der Waals surface area (Å²) in [5.74, 6) is 0.637. The Morgan fingerprint density at radius 2 is 2.28 bits per heavy atom. The van der Waals surface area contributed by atoms with Crippen LogP contribution >= 0.6 is 27.5 Å². The van der Waals surface area contributed by atoms with E-state index < -0.39 is 6.09 Å². The third kappa shape index (κ3) is 2.98. The molecule has 132 valence electrons. The minimum Gasteiger partial charge on any atom is -0.490 e. The summed E-state index contributed by atoms with van der Waals surface area (Å²) in [4.78, 5) is 15.0. The topological polar surface area (TPSA) is 70.8 Å². The van der Waals surface area contributed by atoms with Crippen molar-refractivity contribution in [2.24, 2.45) is 0 Å². The molecule has 9 heteroatoms. The molecule has 1 aromatic carbocycles. The number of rotatable bonds is 1. The van der Waals surface area contributed by atoms with Crippen molar-refractivity contribution in [3.63, 3.8) is 0 Å². The summed E-state index contributed by atoms with van der Waals surface area (Å²) in [5.41, 5.74) is 1.86. The number of carbonyl (C=O) groups is 1. The minimum atomic E-state index is -0.889. The first-order valence-electron chi connectivity index (χ1n) is 7.90. The summed E-state index contributed by atoms with van der Waals surface area (Å²) in [6.45, 7) is 2.61. The van der Waals surface area contributed by atoms with E-state index in [1.54, 1.807) is 10.9 Å². The van der Waals surface area contributed by atoms with Gasteiger partial charge >= 0.3 is 6.09 Å². The number of nitrogens with zero attached hydrogens (tertiary/aromatic N) is 4. The zero-order valence-electron chi connectivity index (χ0n) is 13.2. The van der Waals surface area contributed by atoms with Gasteiger partial charge in [0.25, 0.3) is 0 Å². The number of piperazine rings is 1. The molecule has 2 aliphatic rings. The first kappa shape index (κ1) is 16.7. The zero-order chi connectivity index (χ0) is 17.6. The second kappa shape index (κ2) is 6.51. The molecule has 25 heavy (non-hydrogen) atoms. The number of fused-ring (bicyclic) bond motifs is 2. The summed E-state index contributed by atoms with van der Waals surface area (Å²) in [6.07, 6.45) is 2.71. The second-order valence-corrected chi connectivity index (χ2v) is 7.35. The number of carboxylic acid groups (broad SMARTS) is 1. The number of halogens is 2. The molecular formula is C16H16BrClN4O3. The van der Waals surface area contributed by atoms with Crippen LogP contribution in [0, 0.1) is 0 Å². The molecule has 3 heterocycles. The predicted molar refractivity (Wildman–Crippen MR) is 95.6 cm³/mol. The molecule has 1 fully saturated rings. The van der Waals surface area contributed by atoms with E-state index in [0.29, 0.717) is 43.6 Å². The van der Waals surface area contributed by atoms with Crippen LogP contribution in [0.4, 0.5) is 4.79 Å². The molecule has 1 atom stereocenters. The average molecular weight is 428 g/mol. The summed E-state index contributed by atoms with van der Waals surface area (Å²) in [7, 11) is 0. The molecule has 0 unspecified atom stereocenters. The third-order valence-electron chi connectivity index (χ3n) is 4.66. The Labute approximate surface area is 157 Å². The first-order chi connectivity index (χ1) is 12.0. The highest BCUT2D eigenvalue weighted by Gasteiger charge is 2.34. The van der Waals surface area contributed by atoms with Crippen LogP contribution in [0.2, 0.25) is 5.02 Å². The van der Waals surface area contributed by atoms with Gasteiger partial charge in [-0.3, -0.25) is 4.90 Å². The highest BCUT2D eigenvalue weighted by atomic mass is 79.9. The molecule has 4 rings (SSSR count). The van der Waals surface area contributed by atoms with E-state index >= 15 is 0 Å². The van der Waals surface area contributed by atoms with Crippen molar-refractivity contribution in [3.05, 3.63) is 39.6 Å². The number of ether oxygens (including phenoxy) is 1. The predicted octanol–water partition coefficient (Wildman–Crippen LogP) is 2.84. The first-order valence-corrected chi connectivity index (χ1v) is 9.07. The fourth-order valence-corrected chi connectivity index (χ4v) is 3.98. The Hall–Kier alpha value is -1.77. The quantitative estimate of drug-likeness (QED) is 0.758. The van der Waals surface area contributed by atoms with Crippen molar-refractivity contribution in [1.29, 1.82) is 0 Å². The van der Waals surface area contributed by atoms with Crippen LogP contribution in [0.25, 0.3) is 5.69 Å². The van der Waals surface area contributed by atoms with Crippen molar-refractivity contribution in [2.75, 3.05) is 26.2 Å². The van der Waals surface area contributed by atoms with Gasteiger partial charge in [-0.2, -0.15) is 5.10 Å². The lowest BCUT2D eigenvalue weighted by Crippen LogP contribution is -2.55. The maximum atomic E-state index is 11.3. The molecule has 0 radical (unpaired) electrons. The monoisotopic (exact) mass is 426 g/mol. The van der Waals surface area contributed by atoms with E-state index in [1.165, 1.54) is 4.90 Å². The maximum absolute atomic E-state index is 11.3. The Balaban J connectivity index is 1.74. The number of aromatic nitrogens is 2. The fraction of sp³-hybridized carbons (Fsp3) is 0.375. The Bertz CT molecular complexity index is 814. The van der Waals surface area contributed by atoms with Crippen molar-refractivity contribution < 1.29 is 14.6 Å². The van der Waals surface area contributed by atoms with Crippen molar-refractivity contribution in [1.82, 2.24) is 19.6 Å². The lowest BCUT2D eigenvalue weighted by molar-refractivity contribution is 0.0503. The lowest BCUT2D eigenvalue weighted by Gasteiger charge is -2.38. The molecule has 2 aromatic rings. The minimum absolute atomic E-state index is 0.00226. The molecule has 0 aliphatic carbocycles. The van der Waals surface area contributed by atoms with Gasteiger partial charge in [-0.25, -0.2) is 9.48 Å². The Morgan fingerprint density at radius 1 is 1.44 bits per heavy atom. The van der Waals surface area contributed by atoms with E-state index in [-0.39, 0.29) is 6.04 Å². The highest BCUT2D eigenvalue weighted by molar-refractivity contribution is 9.10. The summed E-state index contributed by atoms with van der Waals surface area (Å²) in [6, 6.07) is 3.80. The molecule has 1 N–H and O–H groups in total.